The summed E-state index contributed by atoms with van der Waals surface area (Å²) >= 11 is 0. The van der Waals surface area contributed by atoms with E-state index in [0.29, 0.717) is 0 Å². The van der Waals surface area contributed by atoms with E-state index in [2.05, 4.69) is 97.1 Å². The summed E-state index contributed by atoms with van der Waals surface area (Å²) in [6, 6.07) is 33.9. The van der Waals surface area contributed by atoms with Gasteiger partial charge in [-0.15, -0.1) is 0 Å². The third-order valence-corrected chi connectivity index (χ3v) is 10.9. The Morgan fingerprint density at radius 1 is 0.481 bits per heavy atom. The minimum absolute atomic E-state index is 1.22. The molecule has 0 spiro atoms. The maximum absolute atomic E-state index is 2.61. The van der Waals surface area contributed by atoms with Crippen molar-refractivity contribution in [3.8, 4) is 0 Å². The summed E-state index contributed by atoms with van der Waals surface area (Å²) < 4.78 is 0. The molecule has 4 rings (SSSR count). The summed E-state index contributed by atoms with van der Waals surface area (Å²) in [6.07, 6.45) is 10.4. The molecule has 3 aromatic rings. The van der Waals surface area contributed by atoms with Gasteiger partial charge in [0.15, 0.2) is 0 Å². The first kappa shape index (κ1) is 18.2. The first-order valence-corrected chi connectivity index (χ1v) is 12.3. The third-order valence-electron chi connectivity index (χ3n) is 5.89. The van der Waals surface area contributed by atoms with Crippen molar-refractivity contribution >= 4 is 23.2 Å². The Kier molecular flexibility index (Phi) is 5.85. The predicted octanol–water partition coefficient (Wildman–Crippen LogP) is 5.95. The summed E-state index contributed by atoms with van der Waals surface area (Å²) in [6.45, 7) is 0. The number of allylic oxidation sites excluding steroid dienone is 2. The zero-order chi connectivity index (χ0) is 18.4. The monoisotopic (exact) mass is 372 g/mol. The molecule has 3 aromatic carbocycles. The normalized spacial score (nSPS) is 16.1. The molecule has 0 amide bonds. The van der Waals surface area contributed by atoms with E-state index in [-0.39, 0.29) is 0 Å². The van der Waals surface area contributed by atoms with Crippen molar-refractivity contribution in [1.29, 1.82) is 0 Å². The van der Waals surface area contributed by atoms with Crippen LogP contribution in [0.4, 0.5) is 0 Å². The molecule has 0 aliphatic heterocycles. The van der Waals surface area contributed by atoms with E-state index in [1.807, 2.05) is 0 Å². The van der Waals surface area contributed by atoms with E-state index < -0.39 is 7.26 Å². The summed E-state index contributed by atoms with van der Waals surface area (Å²) in [5.41, 5.74) is 0. The van der Waals surface area contributed by atoms with Crippen molar-refractivity contribution in [3.63, 3.8) is 0 Å². The van der Waals surface area contributed by atoms with Crippen molar-refractivity contribution in [1.82, 2.24) is 0 Å². The van der Waals surface area contributed by atoms with E-state index in [0.717, 1.165) is 0 Å². The van der Waals surface area contributed by atoms with E-state index in [1.165, 1.54) is 54.4 Å². The van der Waals surface area contributed by atoms with Gasteiger partial charge in [-0.3, -0.25) is 0 Å². The van der Waals surface area contributed by atoms with Gasteiger partial charge < -0.3 is 0 Å². The van der Waals surface area contributed by atoms with Crippen molar-refractivity contribution < 1.29 is 0 Å². The Labute approximate surface area is 164 Å². The average molecular weight is 372 g/mol. The van der Waals surface area contributed by atoms with Gasteiger partial charge in [0.05, 0.1) is 0 Å². The van der Waals surface area contributed by atoms with Gasteiger partial charge in [-0.2, -0.15) is 0 Å². The van der Waals surface area contributed by atoms with Crippen LogP contribution in [0, 0.1) is 0 Å². The molecule has 0 bridgehead atoms. The molecule has 1 heteroatoms. The first-order chi connectivity index (χ1) is 13.4. The Balaban J connectivity index is 2.03. The second kappa shape index (κ2) is 8.68. The molecule has 27 heavy (non-hydrogen) atoms. The van der Waals surface area contributed by atoms with Gasteiger partial charge >= 0.3 is 164 Å². The number of rotatable bonds is 4. The molecule has 0 fully saturated rings. The van der Waals surface area contributed by atoms with E-state index in [9.17, 15) is 0 Å². The molecule has 0 radical (unpaired) electrons. The number of benzene rings is 3. The molecule has 1 aliphatic carbocycles. The van der Waals surface area contributed by atoms with Crippen LogP contribution in [0.2, 0.25) is 0 Å². The van der Waals surface area contributed by atoms with Crippen LogP contribution in [-0.2, 0) is 0 Å². The molecule has 0 nitrogen and oxygen atoms in total. The summed E-state index contributed by atoms with van der Waals surface area (Å²) in [7, 11) is -2.22. The Hall–Kier alpha value is -2.17. The van der Waals surface area contributed by atoms with Crippen LogP contribution >= 0.6 is 7.26 Å². The fourth-order valence-corrected chi connectivity index (χ4v) is 9.84. The van der Waals surface area contributed by atoms with Crippen LogP contribution in [0.1, 0.15) is 38.5 Å². The molecule has 1 aliphatic rings. The zero-order valence-corrected chi connectivity index (χ0v) is 17.0. The van der Waals surface area contributed by atoms with Crippen molar-refractivity contribution in [3.05, 3.63) is 102 Å². The Bertz CT molecular complexity index is 769. The SMILES string of the molecule is C1=C([PH](c2ccccc2)(c2ccccc2)c2ccccc2)CCCCCC1. The van der Waals surface area contributed by atoms with Crippen molar-refractivity contribution in [2.75, 3.05) is 0 Å². The van der Waals surface area contributed by atoms with E-state index >= 15 is 0 Å². The number of hydrogen-bond acceptors (Lipinski definition) is 0. The van der Waals surface area contributed by atoms with Gasteiger partial charge in [0, 0.05) is 0 Å². The molecule has 0 unspecified atom stereocenters. The second-order valence-electron chi connectivity index (χ2n) is 7.53. The standard InChI is InChI=1S/C26H29P/c1-2-7-15-23(16-8-3-1)27(24-17-9-4-10-18-24,25-19-11-5-12-20-25)26-21-13-6-14-22-26/h4-6,9-15,17-22,27H,1-3,7-8,16H2. The van der Waals surface area contributed by atoms with Crippen molar-refractivity contribution in [2.24, 2.45) is 0 Å². The van der Waals surface area contributed by atoms with Crippen LogP contribution in [0.3, 0.4) is 0 Å². The van der Waals surface area contributed by atoms with Gasteiger partial charge in [-0.1, -0.05) is 0 Å². The first-order valence-electron chi connectivity index (χ1n) is 10.3. The molecular weight excluding hydrogens is 343 g/mol. The predicted molar refractivity (Wildman–Crippen MR) is 122 cm³/mol. The van der Waals surface area contributed by atoms with Gasteiger partial charge in [-0.05, 0) is 0 Å². The Morgan fingerprint density at radius 3 is 1.41 bits per heavy atom. The molecule has 0 heterocycles. The average Bonchev–Trinajstić information content (AvgIpc) is 2.72. The summed E-state index contributed by atoms with van der Waals surface area (Å²) in [4.78, 5) is 0. The van der Waals surface area contributed by atoms with Crippen molar-refractivity contribution in [2.45, 2.75) is 38.5 Å². The zero-order valence-electron chi connectivity index (χ0n) is 16.0. The molecule has 0 atom stereocenters. The van der Waals surface area contributed by atoms with Crippen LogP contribution in [0.5, 0.6) is 0 Å². The number of hydrogen-bond donors (Lipinski definition) is 0. The maximum atomic E-state index is 2.61. The fourth-order valence-electron chi connectivity index (χ4n) is 4.65. The molecule has 0 saturated carbocycles. The van der Waals surface area contributed by atoms with Crippen LogP contribution < -0.4 is 15.9 Å². The van der Waals surface area contributed by atoms with Gasteiger partial charge in [-0.25, -0.2) is 0 Å². The van der Waals surface area contributed by atoms with Crippen LogP contribution in [0.25, 0.3) is 0 Å². The quantitative estimate of drug-likeness (QED) is 0.496. The van der Waals surface area contributed by atoms with E-state index in [1.54, 1.807) is 5.31 Å². The molecule has 0 aromatic heterocycles. The minimum atomic E-state index is -2.22. The molecule has 0 saturated heterocycles. The van der Waals surface area contributed by atoms with Crippen LogP contribution in [0.15, 0.2) is 102 Å². The van der Waals surface area contributed by atoms with E-state index in [4.69, 9.17) is 0 Å². The topological polar surface area (TPSA) is 0 Å². The van der Waals surface area contributed by atoms with Crippen LogP contribution in [-0.4, -0.2) is 0 Å². The van der Waals surface area contributed by atoms with Gasteiger partial charge in [0.1, 0.15) is 0 Å². The van der Waals surface area contributed by atoms with Gasteiger partial charge in [0.2, 0.25) is 0 Å². The molecular formula is C26H29P. The second-order valence-corrected chi connectivity index (χ2v) is 11.4. The Morgan fingerprint density at radius 2 is 0.926 bits per heavy atom. The summed E-state index contributed by atoms with van der Waals surface area (Å²) in [5, 5.41) is 6.23. The fraction of sp³-hybridized carbons (Fsp3) is 0.231. The molecule has 138 valence electrons. The third kappa shape index (κ3) is 3.64. The molecule has 0 N–H and O–H groups in total. The summed E-state index contributed by atoms with van der Waals surface area (Å²) in [5.74, 6) is 0. The van der Waals surface area contributed by atoms with Gasteiger partial charge in [0.25, 0.3) is 0 Å².